The number of aromatic nitrogens is 1. The maximum absolute atomic E-state index is 12.4. The number of methoxy groups -OCH3 is 1. The third-order valence-electron chi connectivity index (χ3n) is 5.03. The molecule has 0 saturated carbocycles. The lowest BCUT2D eigenvalue weighted by molar-refractivity contribution is 0.0594. The van der Waals surface area contributed by atoms with E-state index in [2.05, 4.69) is 15.2 Å². The normalized spacial score (nSPS) is 17.8. The molecule has 1 aromatic carbocycles. The standard InChI is InChI=1S/C20H22N4O4/c1-27-19(25)16-7-8-17-18(22-16)21-11-15-12-23(9-10-24(15)17)20(26)28-13-14-5-3-2-4-6-14/h2-8,15H,9-13H2,1H3,(H,21,22). The first-order chi connectivity index (χ1) is 13.7. The van der Waals surface area contributed by atoms with Crippen molar-refractivity contribution in [1.29, 1.82) is 0 Å². The molecule has 1 atom stereocenters. The first-order valence-corrected chi connectivity index (χ1v) is 9.21. The minimum Gasteiger partial charge on any atom is -0.464 e. The highest BCUT2D eigenvalue weighted by Crippen LogP contribution is 2.32. The first-order valence-electron chi connectivity index (χ1n) is 9.21. The van der Waals surface area contributed by atoms with Gasteiger partial charge < -0.3 is 24.6 Å². The molecule has 8 heteroatoms. The maximum Gasteiger partial charge on any atom is 0.410 e. The molecule has 0 aliphatic carbocycles. The summed E-state index contributed by atoms with van der Waals surface area (Å²) in [7, 11) is 1.34. The highest BCUT2D eigenvalue weighted by atomic mass is 16.6. The Kier molecular flexibility index (Phi) is 5.01. The summed E-state index contributed by atoms with van der Waals surface area (Å²) in [6, 6.07) is 13.3. The number of anilines is 2. The van der Waals surface area contributed by atoms with Gasteiger partial charge in [0, 0.05) is 26.2 Å². The van der Waals surface area contributed by atoms with Crippen molar-refractivity contribution in [3.05, 3.63) is 53.7 Å². The monoisotopic (exact) mass is 382 g/mol. The van der Waals surface area contributed by atoms with Gasteiger partial charge in [0.05, 0.1) is 18.8 Å². The van der Waals surface area contributed by atoms with Gasteiger partial charge in [-0.05, 0) is 17.7 Å². The fourth-order valence-corrected chi connectivity index (χ4v) is 3.57. The molecular formula is C20H22N4O4. The van der Waals surface area contributed by atoms with E-state index in [0.717, 1.165) is 11.3 Å². The Morgan fingerprint density at radius 2 is 2.00 bits per heavy atom. The van der Waals surface area contributed by atoms with Crippen LogP contribution in [0.2, 0.25) is 0 Å². The molecule has 1 N–H and O–H groups in total. The van der Waals surface area contributed by atoms with Crippen LogP contribution in [0.15, 0.2) is 42.5 Å². The number of carbonyl (C=O) groups excluding carboxylic acids is 2. The average Bonchev–Trinajstić information content (AvgIpc) is 2.76. The summed E-state index contributed by atoms with van der Waals surface area (Å²) in [5.74, 6) is 0.206. The molecule has 1 aromatic heterocycles. The molecular weight excluding hydrogens is 360 g/mol. The van der Waals surface area contributed by atoms with Crippen LogP contribution in [0.1, 0.15) is 16.1 Å². The number of benzene rings is 1. The molecule has 1 amide bonds. The van der Waals surface area contributed by atoms with Crippen LogP contribution < -0.4 is 10.2 Å². The fraction of sp³-hybridized carbons (Fsp3) is 0.350. The van der Waals surface area contributed by atoms with Crippen molar-refractivity contribution in [1.82, 2.24) is 9.88 Å². The van der Waals surface area contributed by atoms with E-state index in [1.54, 1.807) is 11.0 Å². The summed E-state index contributed by atoms with van der Waals surface area (Å²) in [5.41, 5.74) is 2.17. The van der Waals surface area contributed by atoms with E-state index >= 15 is 0 Å². The summed E-state index contributed by atoms with van der Waals surface area (Å²) in [6.07, 6.45) is -0.298. The van der Waals surface area contributed by atoms with Gasteiger partial charge >= 0.3 is 12.1 Å². The van der Waals surface area contributed by atoms with Crippen LogP contribution in [-0.2, 0) is 16.1 Å². The summed E-state index contributed by atoms with van der Waals surface area (Å²) < 4.78 is 10.2. The average molecular weight is 382 g/mol. The molecule has 0 spiro atoms. The van der Waals surface area contributed by atoms with Crippen LogP contribution in [0.3, 0.4) is 0 Å². The Labute approximate surface area is 163 Å². The number of pyridine rings is 1. The minimum atomic E-state index is -0.460. The molecule has 3 heterocycles. The van der Waals surface area contributed by atoms with Crippen molar-refractivity contribution in [2.75, 3.05) is 43.5 Å². The van der Waals surface area contributed by atoms with Crippen LogP contribution in [0.4, 0.5) is 16.3 Å². The Balaban J connectivity index is 1.39. The second-order valence-corrected chi connectivity index (χ2v) is 6.77. The van der Waals surface area contributed by atoms with Gasteiger partial charge in [0.15, 0.2) is 11.5 Å². The first kappa shape index (κ1) is 18.1. The predicted octanol–water partition coefficient (Wildman–Crippen LogP) is 2.12. The lowest BCUT2D eigenvalue weighted by atomic mass is 10.1. The highest BCUT2D eigenvalue weighted by molar-refractivity contribution is 5.89. The third-order valence-corrected chi connectivity index (χ3v) is 5.03. The fourth-order valence-electron chi connectivity index (χ4n) is 3.57. The van der Waals surface area contributed by atoms with Crippen LogP contribution in [0, 0.1) is 0 Å². The quantitative estimate of drug-likeness (QED) is 0.814. The zero-order chi connectivity index (χ0) is 19.5. The Morgan fingerprint density at radius 1 is 1.18 bits per heavy atom. The van der Waals surface area contributed by atoms with E-state index in [0.29, 0.717) is 32.0 Å². The van der Waals surface area contributed by atoms with E-state index in [-0.39, 0.29) is 24.4 Å². The maximum atomic E-state index is 12.4. The highest BCUT2D eigenvalue weighted by Gasteiger charge is 2.34. The molecule has 2 aromatic rings. The zero-order valence-electron chi connectivity index (χ0n) is 15.6. The Hall–Kier alpha value is -3.29. The van der Waals surface area contributed by atoms with Crippen molar-refractivity contribution in [2.24, 2.45) is 0 Å². The summed E-state index contributed by atoms with van der Waals surface area (Å²) >= 11 is 0. The number of carbonyl (C=O) groups is 2. The van der Waals surface area contributed by atoms with Crippen molar-refractivity contribution in [2.45, 2.75) is 12.6 Å². The van der Waals surface area contributed by atoms with Gasteiger partial charge in [-0.2, -0.15) is 0 Å². The molecule has 1 saturated heterocycles. The van der Waals surface area contributed by atoms with Gasteiger partial charge in [0.1, 0.15) is 6.61 Å². The minimum absolute atomic E-state index is 0.122. The van der Waals surface area contributed by atoms with Gasteiger partial charge in [-0.3, -0.25) is 0 Å². The molecule has 146 valence electrons. The van der Waals surface area contributed by atoms with Gasteiger partial charge in [0.25, 0.3) is 0 Å². The topological polar surface area (TPSA) is 84.0 Å². The van der Waals surface area contributed by atoms with Gasteiger partial charge in [0.2, 0.25) is 0 Å². The molecule has 28 heavy (non-hydrogen) atoms. The number of ether oxygens (including phenoxy) is 2. The van der Waals surface area contributed by atoms with Crippen molar-refractivity contribution < 1.29 is 19.1 Å². The third kappa shape index (κ3) is 3.58. The summed E-state index contributed by atoms with van der Waals surface area (Å²) in [5, 5.41) is 3.26. The van der Waals surface area contributed by atoms with Gasteiger partial charge in [-0.25, -0.2) is 14.6 Å². The lowest BCUT2D eigenvalue weighted by Gasteiger charge is -2.45. The number of fused-ring (bicyclic) bond motifs is 3. The molecule has 0 radical (unpaired) electrons. The molecule has 8 nitrogen and oxygen atoms in total. The van der Waals surface area contributed by atoms with Crippen molar-refractivity contribution in [3.8, 4) is 0 Å². The number of piperazine rings is 1. The molecule has 4 rings (SSSR count). The predicted molar refractivity (Wildman–Crippen MR) is 103 cm³/mol. The number of hydrogen-bond donors (Lipinski definition) is 1. The number of rotatable bonds is 3. The van der Waals surface area contributed by atoms with Crippen molar-refractivity contribution in [3.63, 3.8) is 0 Å². The molecule has 2 aliphatic rings. The van der Waals surface area contributed by atoms with E-state index in [9.17, 15) is 9.59 Å². The molecule has 1 unspecified atom stereocenters. The second kappa shape index (κ2) is 7.75. The van der Waals surface area contributed by atoms with Crippen LogP contribution in [0.25, 0.3) is 0 Å². The van der Waals surface area contributed by atoms with E-state index in [1.165, 1.54) is 7.11 Å². The number of esters is 1. The van der Waals surface area contributed by atoms with E-state index in [4.69, 9.17) is 9.47 Å². The van der Waals surface area contributed by atoms with Crippen LogP contribution in [-0.4, -0.2) is 61.3 Å². The SMILES string of the molecule is COC(=O)c1ccc2c(n1)NCC1CN(C(=O)OCc3ccccc3)CCN21. The lowest BCUT2D eigenvalue weighted by Crippen LogP contribution is -2.59. The molecule has 1 fully saturated rings. The van der Waals surface area contributed by atoms with E-state index < -0.39 is 5.97 Å². The zero-order valence-corrected chi connectivity index (χ0v) is 15.6. The molecule has 2 aliphatic heterocycles. The number of nitrogens with one attached hydrogen (secondary N) is 1. The van der Waals surface area contributed by atoms with Crippen LogP contribution >= 0.6 is 0 Å². The largest absolute Gasteiger partial charge is 0.464 e. The molecule has 0 bridgehead atoms. The number of amides is 1. The second-order valence-electron chi connectivity index (χ2n) is 6.77. The number of hydrogen-bond acceptors (Lipinski definition) is 7. The Bertz CT molecular complexity index is 874. The summed E-state index contributed by atoms with van der Waals surface area (Å²) in [6.45, 7) is 2.72. The summed E-state index contributed by atoms with van der Waals surface area (Å²) in [4.78, 5) is 32.5. The Morgan fingerprint density at radius 3 is 2.79 bits per heavy atom. The van der Waals surface area contributed by atoms with E-state index in [1.807, 2.05) is 36.4 Å². The van der Waals surface area contributed by atoms with Crippen LogP contribution in [0.5, 0.6) is 0 Å². The van der Waals surface area contributed by atoms with Gasteiger partial charge in [-0.1, -0.05) is 30.3 Å². The van der Waals surface area contributed by atoms with Gasteiger partial charge in [-0.15, -0.1) is 0 Å². The smallest absolute Gasteiger partial charge is 0.410 e. The number of nitrogens with zero attached hydrogens (tertiary/aromatic N) is 3. The van der Waals surface area contributed by atoms with Crippen molar-refractivity contribution >= 4 is 23.6 Å².